The Kier molecular flexibility index (Phi) is 2.15. The molecule has 0 spiro atoms. The molecule has 0 aliphatic carbocycles. The number of hydrogen-bond acceptors (Lipinski definition) is 1. The first-order valence-electron chi connectivity index (χ1n) is 4.41. The van der Waals surface area contributed by atoms with Crippen molar-refractivity contribution in [1.29, 1.82) is 0 Å². The molecule has 0 amide bonds. The van der Waals surface area contributed by atoms with Crippen molar-refractivity contribution in [1.82, 2.24) is 4.98 Å². The van der Waals surface area contributed by atoms with E-state index in [0.29, 0.717) is 0 Å². The summed E-state index contributed by atoms with van der Waals surface area (Å²) in [5, 5.41) is 1.15. The number of benzene rings is 1. The quantitative estimate of drug-likeness (QED) is 0.679. The number of aryl methyl sites for hydroxylation is 1. The van der Waals surface area contributed by atoms with E-state index in [1.165, 1.54) is 5.56 Å². The standard InChI is InChI=1S/C11H11NS/c1-2-8-3-4-10-9(7-8)11(13)5-6-12-10/h3-7H,2H2,1H3,(H,12,13). The Morgan fingerprint density at radius 2 is 2.15 bits per heavy atom. The second kappa shape index (κ2) is 3.30. The van der Waals surface area contributed by atoms with Gasteiger partial charge in [-0.2, -0.15) is 0 Å². The van der Waals surface area contributed by atoms with E-state index in [0.717, 1.165) is 21.8 Å². The van der Waals surface area contributed by atoms with Gasteiger partial charge >= 0.3 is 0 Å². The molecular weight excluding hydrogens is 178 g/mol. The topological polar surface area (TPSA) is 15.8 Å². The van der Waals surface area contributed by atoms with Crippen molar-refractivity contribution in [2.45, 2.75) is 13.3 Å². The van der Waals surface area contributed by atoms with Crippen LogP contribution in [0.5, 0.6) is 0 Å². The van der Waals surface area contributed by atoms with Crippen LogP contribution in [0.1, 0.15) is 12.5 Å². The Labute approximate surface area is 82.4 Å². The van der Waals surface area contributed by atoms with E-state index < -0.39 is 0 Å². The number of rotatable bonds is 1. The average molecular weight is 189 g/mol. The van der Waals surface area contributed by atoms with Crippen molar-refractivity contribution in [3.63, 3.8) is 0 Å². The largest absolute Gasteiger partial charge is 0.361 e. The molecule has 2 rings (SSSR count). The molecule has 66 valence electrons. The monoisotopic (exact) mass is 189 g/mol. The lowest BCUT2D eigenvalue weighted by Crippen LogP contribution is -1.83. The number of pyridine rings is 1. The molecule has 1 aromatic heterocycles. The van der Waals surface area contributed by atoms with Crippen molar-refractivity contribution in [3.05, 3.63) is 40.5 Å². The highest BCUT2D eigenvalue weighted by atomic mass is 32.1. The van der Waals surface area contributed by atoms with Crippen molar-refractivity contribution >= 4 is 23.1 Å². The molecule has 1 N–H and O–H groups in total. The lowest BCUT2D eigenvalue weighted by atomic mass is 10.1. The fourth-order valence-corrected chi connectivity index (χ4v) is 1.67. The van der Waals surface area contributed by atoms with E-state index in [-0.39, 0.29) is 0 Å². The summed E-state index contributed by atoms with van der Waals surface area (Å²) < 4.78 is 0.920. The van der Waals surface area contributed by atoms with Crippen LogP contribution < -0.4 is 0 Å². The molecule has 0 radical (unpaired) electrons. The molecule has 0 fully saturated rings. The van der Waals surface area contributed by atoms with Gasteiger partial charge in [-0.05, 0) is 30.2 Å². The highest BCUT2D eigenvalue weighted by Gasteiger charge is 1.95. The molecule has 2 aromatic rings. The zero-order chi connectivity index (χ0) is 9.26. The van der Waals surface area contributed by atoms with E-state index in [9.17, 15) is 0 Å². The lowest BCUT2D eigenvalue weighted by molar-refractivity contribution is 1.14. The number of aromatic amines is 1. The second-order valence-electron chi connectivity index (χ2n) is 3.08. The number of hydrogen-bond donors (Lipinski definition) is 1. The second-order valence-corrected chi connectivity index (χ2v) is 3.52. The van der Waals surface area contributed by atoms with Crippen LogP contribution in [0.15, 0.2) is 30.5 Å². The minimum Gasteiger partial charge on any atom is -0.361 e. The van der Waals surface area contributed by atoms with Gasteiger partial charge in [0, 0.05) is 21.6 Å². The van der Waals surface area contributed by atoms with Crippen LogP contribution in [0, 0.1) is 4.51 Å². The molecule has 0 bridgehead atoms. The average Bonchev–Trinajstić information content (AvgIpc) is 2.18. The lowest BCUT2D eigenvalue weighted by Gasteiger charge is -2.00. The van der Waals surface area contributed by atoms with Crippen molar-refractivity contribution in [2.24, 2.45) is 0 Å². The third-order valence-electron chi connectivity index (χ3n) is 2.23. The van der Waals surface area contributed by atoms with Crippen molar-refractivity contribution < 1.29 is 0 Å². The molecule has 0 unspecified atom stereocenters. The summed E-state index contributed by atoms with van der Waals surface area (Å²) in [5.74, 6) is 0. The maximum Gasteiger partial charge on any atom is 0.0484 e. The summed E-state index contributed by atoms with van der Waals surface area (Å²) in [6, 6.07) is 8.31. The zero-order valence-corrected chi connectivity index (χ0v) is 8.32. The first kappa shape index (κ1) is 8.45. The Morgan fingerprint density at radius 3 is 2.92 bits per heavy atom. The minimum absolute atomic E-state index is 0.920. The van der Waals surface area contributed by atoms with Crippen molar-refractivity contribution in [3.8, 4) is 0 Å². The Balaban J connectivity index is 2.82. The van der Waals surface area contributed by atoms with E-state index in [1.807, 2.05) is 12.3 Å². The van der Waals surface area contributed by atoms with Gasteiger partial charge in [-0.3, -0.25) is 0 Å². The van der Waals surface area contributed by atoms with Gasteiger partial charge in [-0.15, -0.1) is 0 Å². The molecule has 1 aromatic carbocycles. The van der Waals surface area contributed by atoms with Gasteiger partial charge in [0.15, 0.2) is 0 Å². The Morgan fingerprint density at radius 1 is 1.31 bits per heavy atom. The third-order valence-corrected chi connectivity index (χ3v) is 2.59. The number of fused-ring (bicyclic) bond motifs is 1. The maximum atomic E-state index is 5.24. The molecule has 0 atom stereocenters. The fraction of sp³-hybridized carbons (Fsp3) is 0.182. The first-order chi connectivity index (χ1) is 6.31. The van der Waals surface area contributed by atoms with Crippen LogP contribution in [-0.4, -0.2) is 4.98 Å². The van der Waals surface area contributed by atoms with Crippen LogP contribution in [0.2, 0.25) is 0 Å². The van der Waals surface area contributed by atoms with Crippen LogP contribution in [0.3, 0.4) is 0 Å². The third kappa shape index (κ3) is 1.49. The van der Waals surface area contributed by atoms with E-state index >= 15 is 0 Å². The van der Waals surface area contributed by atoms with Gasteiger partial charge in [-0.1, -0.05) is 25.2 Å². The van der Waals surface area contributed by atoms with Gasteiger partial charge < -0.3 is 4.98 Å². The highest BCUT2D eigenvalue weighted by molar-refractivity contribution is 7.71. The predicted octanol–water partition coefficient (Wildman–Crippen LogP) is 3.46. The molecule has 0 aliphatic heterocycles. The van der Waals surface area contributed by atoms with E-state index in [4.69, 9.17) is 12.2 Å². The Hall–Kier alpha value is -1.15. The predicted molar refractivity (Wildman–Crippen MR) is 58.5 cm³/mol. The van der Waals surface area contributed by atoms with Gasteiger partial charge in [0.25, 0.3) is 0 Å². The van der Waals surface area contributed by atoms with Gasteiger partial charge in [0.1, 0.15) is 0 Å². The smallest absolute Gasteiger partial charge is 0.0484 e. The summed E-state index contributed by atoms with van der Waals surface area (Å²) in [5.41, 5.74) is 2.45. The summed E-state index contributed by atoms with van der Waals surface area (Å²) in [6.07, 6.45) is 2.94. The van der Waals surface area contributed by atoms with E-state index in [1.54, 1.807) is 0 Å². The molecule has 0 saturated carbocycles. The zero-order valence-electron chi connectivity index (χ0n) is 7.50. The first-order valence-corrected chi connectivity index (χ1v) is 4.82. The molecule has 13 heavy (non-hydrogen) atoms. The molecule has 0 saturated heterocycles. The fourth-order valence-electron chi connectivity index (χ4n) is 1.44. The highest BCUT2D eigenvalue weighted by Crippen LogP contribution is 2.15. The van der Waals surface area contributed by atoms with Crippen LogP contribution in [0.25, 0.3) is 10.9 Å². The molecular formula is C11H11NS. The summed E-state index contributed by atoms with van der Waals surface area (Å²) in [7, 11) is 0. The molecule has 1 nitrogen and oxygen atoms in total. The van der Waals surface area contributed by atoms with Crippen LogP contribution >= 0.6 is 12.2 Å². The summed E-state index contributed by atoms with van der Waals surface area (Å²) >= 11 is 5.24. The number of aromatic nitrogens is 1. The minimum atomic E-state index is 0.920. The summed E-state index contributed by atoms with van der Waals surface area (Å²) in [6.45, 7) is 2.15. The summed E-state index contributed by atoms with van der Waals surface area (Å²) in [4.78, 5) is 3.18. The van der Waals surface area contributed by atoms with Crippen LogP contribution in [-0.2, 0) is 6.42 Å². The van der Waals surface area contributed by atoms with Gasteiger partial charge in [-0.25, -0.2) is 0 Å². The number of H-pyrrole nitrogens is 1. The van der Waals surface area contributed by atoms with Gasteiger partial charge in [0.2, 0.25) is 0 Å². The number of nitrogens with one attached hydrogen (secondary N) is 1. The van der Waals surface area contributed by atoms with Crippen molar-refractivity contribution in [2.75, 3.05) is 0 Å². The van der Waals surface area contributed by atoms with Crippen LogP contribution in [0.4, 0.5) is 0 Å². The normalized spacial score (nSPS) is 10.5. The SMILES string of the molecule is CCc1ccc2[nH]ccc(=S)c2c1. The van der Waals surface area contributed by atoms with Gasteiger partial charge in [0.05, 0.1) is 0 Å². The molecule has 0 aliphatic rings. The Bertz CT molecular complexity index is 485. The van der Waals surface area contributed by atoms with E-state index in [2.05, 4.69) is 30.1 Å². The maximum absolute atomic E-state index is 5.24. The molecule has 1 heterocycles. The molecule has 2 heteroatoms.